The Balaban J connectivity index is 2.04. The highest BCUT2D eigenvalue weighted by Gasteiger charge is 2.34. The van der Waals surface area contributed by atoms with Gasteiger partial charge in [-0.15, -0.1) is 0 Å². The van der Waals surface area contributed by atoms with Crippen LogP contribution in [0.3, 0.4) is 0 Å². The van der Waals surface area contributed by atoms with Gasteiger partial charge in [-0.1, -0.05) is 0 Å². The highest BCUT2D eigenvalue weighted by Crippen LogP contribution is 2.32. The van der Waals surface area contributed by atoms with Gasteiger partial charge in [0.15, 0.2) is 5.78 Å². The number of ketones is 1. The summed E-state index contributed by atoms with van der Waals surface area (Å²) in [7, 11) is 0. The number of hydrogen-bond acceptors (Lipinski definition) is 2. The van der Waals surface area contributed by atoms with Gasteiger partial charge in [0, 0.05) is 24.6 Å². The van der Waals surface area contributed by atoms with E-state index in [9.17, 15) is 22.4 Å². The van der Waals surface area contributed by atoms with Gasteiger partial charge in [-0.05, 0) is 31.0 Å². The molecule has 0 radical (unpaired) electrons. The molecule has 19 heavy (non-hydrogen) atoms. The van der Waals surface area contributed by atoms with Gasteiger partial charge in [-0.2, -0.15) is 13.2 Å². The van der Waals surface area contributed by atoms with E-state index < -0.39 is 23.3 Å². The van der Waals surface area contributed by atoms with E-state index in [2.05, 4.69) is 5.32 Å². The van der Waals surface area contributed by atoms with Gasteiger partial charge in [0.2, 0.25) is 0 Å². The van der Waals surface area contributed by atoms with Crippen molar-refractivity contribution >= 4 is 5.78 Å². The van der Waals surface area contributed by atoms with Crippen molar-refractivity contribution in [3.8, 4) is 0 Å². The Hall–Kier alpha value is -1.43. The van der Waals surface area contributed by atoms with Gasteiger partial charge in [0.25, 0.3) is 0 Å². The van der Waals surface area contributed by atoms with Gasteiger partial charge < -0.3 is 5.32 Å². The van der Waals surface area contributed by atoms with Crippen molar-refractivity contribution in [2.24, 2.45) is 0 Å². The standard InChI is InChI=1S/C13H13F4NO/c14-11-4-1-8(7-10(11)13(15,16)17)12(19)5-6-18-9-2-3-9/h1,4,7,9,18H,2-3,5-6H2. The molecular weight excluding hydrogens is 262 g/mol. The van der Waals surface area contributed by atoms with Crippen molar-refractivity contribution in [1.29, 1.82) is 0 Å². The van der Waals surface area contributed by atoms with Crippen LogP contribution < -0.4 is 5.32 Å². The molecule has 0 heterocycles. The predicted octanol–water partition coefficient (Wildman–Crippen LogP) is 3.17. The third-order valence-electron chi connectivity index (χ3n) is 2.96. The summed E-state index contributed by atoms with van der Waals surface area (Å²) in [5, 5.41) is 3.10. The second-order valence-electron chi connectivity index (χ2n) is 4.59. The molecule has 0 aromatic heterocycles. The Morgan fingerprint density at radius 3 is 2.58 bits per heavy atom. The number of halogens is 4. The van der Waals surface area contributed by atoms with E-state index in [4.69, 9.17) is 0 Å². The lowest BCUT2D eigenvalue weighted by molar-refractivity contribution is -0.140. The molecule has 1 aliphatic carbocycles. The zero-order valence-electron chi connectivity index (χ0n) is 10.1. The second kappa shape index (κ2) is 5.28. The molecule has 0 amide bonds. The molecule has 6 heteroatoms. The molecule has 0 atom stereocenters. The first-order chi connectivity index (χ1) is 8.88. The molecular formula is C13H13F4NO. The Labute approximate surface area is 107 Å². The number of carbonyl (C=O) groups is 1. The third-order valence-corrected chi connectivity index (χ3v) is 2.96. The zero-order valence-corrected chi connectivity index (χ0v) is 10.1. The summed E-state index contributed by atoms with van der Waals surface area (Å²) in [6.07, 6.45) is -2.53. The molecule has 1 N–H and O–H groups in total. The minimum atomic E-state index is -4.79. The molecule has 1 aromatic carbocycles. The van der Waals surface area contributed by atoms with Crippen LogP contribution in [0, 0.1) is 5.82 Å². The smallest absolute Gasteiger partial charge is 0.314 e. The normalized spacial score (nSPS) is 15.6. The number of Topliss-reactive ketones (excluding diaryl/α,β-unsaturated/α-hetero) is 1. The number of alkyl halides is 3. The van der Waals surface area contributed by atoms with Crippen molar-refractivity contribution in [3.63, 3.8) is 0 Å². The van der Waals surface area contributed by atoms with Crippen LogP contribution in [0.15, 0.2) is 18.2 Å². The highest BCUT2D eigenvalue weighted by molar-refractivity contribution is 5.96. The van der Waals surface area contributed by atoms with Crippen molar-refractivity contribution in [2.75, 3.05) is 6.54 Å². The lowest BCUT2D eigenvalue weighted by atomic mass is 10.0. The lowest BCUT2D eigenvalue weighted by Gasteiger charge is -2.09. The topological polar surface area (TPSA) is 29.1 Å². The lowest BCUT2D eigenvalue weighted by Crippen LogP contribution is -2.20. The summed E-state index contributed by atoms with van der Waals surface area (Å²) < 4.78 is 50.5. The fourth-order valence-electron chi connectivity index (χ4n) is 1.74. The SMILES string of the molecule is O=C(CCNC1CC1)c1ccc(F)c(C(F)(F)F)c1. The Morgan fingerprint density at radius 2 is 2.00 bits per heavy atom. The minimum absolute atomic E-state index is 0.105. The minimum Gasteiger partial charge on any atom is -0.314 e. The van der Waals surface area contributed by atoms with Crippen LogP contribution in [0.1, 0.15) is 35.2 Å². The quantitative estimate of drug-likeness (QED) is 0.660. The molecule has 2 nitrogen and oxygen atoms in total. The maximum absolute atomic E-state index is 13.1. The summed E-state index contributed by atoms with van der Waals surface area (Å²) in [4.78, 5) is 11.7. The van der Waals surface area contributed by atoms with Crippen molar-refractivity contribution in [2.45, 2.75) is 31.5 Å². The van der Waals surface area contributed by atoms with Gasteiger partial charge >= 0.3 is 6.18 Å². The third kappa shape index (κ3) is 3.76. The molecule has 1 aliphatic rings. The first-order valence-corrected chi connectivity index (χ1v) is 6.01. The molecule has 104 valence electrons. The molecule has 0 aliphatic heterocycles. The zero-order chi connectivity index (χ0) is 14.0. The van der Waals surface area contributed by atoms with Gasteiger partial charge in [-0.25, -0.2) is 4.39 Å². The molecule has 0 bridgehead atoms. The van der Waals surface area contributed by atoms with Crippen LogP contribution in [0.25, 0.3) is 0 Å². The van der Waals surface area contributed by atoms with E-state index in [1.807, 2.05) is 0 Å². The summed E-state index contributed by atoms with van der Waals surface area (Å²) in [5.41, 5.74) is -1.50. The molecule has 0 saturated heterocycles. The van der Waals surface area contributed by atoms with Crippen molar-refractivity contribution < 1.29 is 22.4 Å². The fourth-order valence-corrected chi connectivity index (χ4v) is 1.74. The molecule has 1 saturated carbocycles. The average molecular weight is 275 g/mol. The van der Waals surface area contributed by atoms with E-state index in [1.54, 1.807) is 0 Å². The summed E-state index contributed by atoms with van der Waals surface area (Å²) in [6, 6.07) is 2.79. The van der Waals surface area contributed by atoms with Gasteiger partial charge in [0.05, 0.1) is 5.56 Å². The monoisotopic (exact) mass is 275 g/mol. The maximum Gasteiger partial charge on any atom is 0.419 e. The number of hydrogen-bond donors (Lipinski definition) is 1. The molecule has 1 aromatic rings. The highest BCUT2D eigenvalue weighted by atomic mass is 19.4. The van der Waals surface area contributed by atoms with Crippen LogP contribution in [0.4, 0.5) is 17.6 Å². The first-order valence-electron chi connectivity index (χ1n) is 6.01. The van der Waals surface area contributed by atoms with Gasteiger partial charge in [0.1, 0.15) is 5.82 Å². The molecule has 2 rings (SSSR count). The first kappa shape index (κ1) is 14.0. The van der Waals surface area contributed by atoms with Crippen LogP contribution >= 0.6 is 0 Å². The fraction of sp³-hybridized carbons (Fsp3) is 0.462. The summed E-state index contributed by atoms with van der Waals surface area (Å²) in [5.74, 6) is -1.78. The van der Waals surface area contributed by atoms with Gasteiger partial charge in [-0.3, -0.25) is 4.79 Å². The second-order valence-corrected chi connectivity index (χ2v) is 4.59. The number of carbonyl (C=O) groups excluding carboxylic acids is 1. The maximum atomic E-state index is 13.1. The van der Waals surface area contributed by atoms with E-state index >= 15 is 0 Å². The van der Waals surface area contributed by atoms with Crippen LogP contribution in [0.2, 0.25) is 0 Å². The summed E-state index contributed by atoms with van der Waals surface area (Å²) in [6.45, 7) is 0.433. The molecule has 0 unspecified atom stereocenters. The average Bonchev–Trinajstić information content (AvgIpc) is 3.12. The van der Waals surface area contributed by atoms with Crippen molar-refractivity contribution in [3.05, 3.63) is 35.1 Å². The predicted molar refractivity (Wildman–Crippen MR) is 61.4 cm³/mol. The molecule has 0 spiro atoms. The number of nitrogens with one attached hydrogen (secondary N) is 1. The number of rotatable bonds is 5. The summed E-state index contributed by atoms with van der Waals surface area (Å²) >= 11 is 0. The number of benzene rings is 1. The van der Waals surface area contributed by atoms with E-state index in [1.165, 1.54) is 0 Å². The van der Waals surface area contributed by atoms with E-state index in [0.29, 0.717) is 24.7 Å². The largest absolute Gasteiger partial charge is 0.419 e. The Morgan fingerprint density at radius 1 is 1.32 bits per heavy atom. The van der Waals surface area contributed by atoms with E-state index in [0.717, 1.165) is 18.9 Å². The van der Waals surface area contributed by atoms with Crippen molar-refractivity contribution in [1.82, 2.24) is 5.32 Å². The van der Waals surface area contributed by atoms with E-state index in [-0.39, 0.29) is 12.0 Å². The Kier molecular flexibility index (Phi) is 3.89. The van der Waals surface area contributed by atoms with Crippen LogP contribution in [-0.4, -0.2) is 18.4 Å². The van der Waals surface area contributed by atoms with Crippen LogP contribution in [-0.2, 0) is 6.18 Å². The molecule has 1 fully saturated rings. The Bertz CT molecular complexity index is 480. The van der Waals surface area contributed by atoms with Crippen LogP contribution in [0.5, 0.6) is 0 Å².